The van der Waals surface area contributed by atoms with Crippen molar-refractivity contribution in [2.24, 2.45) is 0 Å². The Kier molecular flexibility index (Phi) is 6.92. The Morgan fingerprint density at radius 2 is 1.70 bits per heavy atom. The van der Waals surface area contributed by atoms with E-state index in [-0.39, 0.29) is 17.9 Å². The minimum absolute atomic E-state index is 0.000535. The molecule has 4 rings (SSSR count). The van der Waals surface area contributed by atoms with Gasteiger partial charge in [-0.3, -0.25) is 14.3 Å². The molecule has 172 valence electrons. The van der Waals surface area contributed by atoms with Crippen LogP contribution in [0.5, 0.6) is 0 Å². The fourth-order valence-corrected chi connectivity index (χ4v) is 4.24. The highest BCUT2D eigenvalue weighted by atomic mass is 16.2. The SMILES string of the molecule is CCC(=O)NC1CCCN(C(=O)c2cn(Cc3ccc(C)cc3)nc2-c2ccc(C)cc2)C1. The molecule has 33 heavy (non-hydrogen) atoms. The molecule has 1 atom stereocenters. The highest BCUT2D eigenvalue weighted by molar-refractivity contribution is 6.00. The third-order valence-corrected chi connectivity index (χ3v) is 6.18. The summed E-state index contributed by atoms with van der Waals surface area (Å²) in [5, 5.41) is 7.87. The molecule has 2 aromatic carbocycles. The minimum Gasteiger partial charge on any atom is -0.352 e. The maximum Gasteiger partial charge on any atom is 0.257 e. The van der Waals surface area contributed by atoms with Gasteiger partial charge in [-0.1, -0.05) is 66.6 Å². The van der Waals surface area contributed by atoms with E-state index in [9.17, 15) is 9.59 Å². The van der Waals surface area contributed by atoms with Crippen molar-refractivity contribution in [3.63, 3.8) is 0 Å². The van der Waals surface area contributed by atoms with Gasteiger partial charge in [0.25, 0.3) is 5.91 Å². The Morgan fingerprint density at radius 1 is 1.03 bits per heavy atom. The number of likely N-dealkylation sites (tertiary alicyclic amines) is 1. The summed E-state index contributed by atoms with van der Waals surface area (Å²) >= 11 is 0. The number of nitrogens with zero attached hydrogens (tertiary/aromatic N) is 3. The second-order valence-electron chi connectivity index (χ2n) is 8.95. The Bertz CT molecular complexity index is 1120. The van der Waals surface area contributed by atoms with Crippen molar-refractivity contribution < 1.29 is 9.59 Å². The number of aryl methyl sites for hydroxylation is 2. The molecule has 1 saturated heterocycles. The van der Waals surface area contributed by atoms with E-state index in [1.165, 1.54) is 5.56 Å². The van der Waals surface area contributed by atoms with E-state index >= 15 is 0 Å². The highest BCUT2D eigenvalue weighted by Crippen LogP contribution is 2.26. The van der Waals surface area contributed by atoms with Crippen LogP contribution in [0, 0.1) is 13.8 Å². The Labute approximate surface area is 195 Å². The summed E-state index contributed by atoms with van der Waals surface area (Å²) in [6.07, 6.45) is 4.09. The largest absolute Gasteiger partial charge is 0.352 e. The number of rotatable bonds is 6. The molecule has 1 aliphatic heterocycles. The molecule has 1 fully saturated rings. The van der Waals surface area contributed by atoms with E-state index in [1.54, 1.807) is 0 Å². The van der Waals surface area contributed by atoms with Crippen LogP contribution in [0.2, 0.25) is 0 Å². The van der Waals surface area contributed by atoms with Gasteiger partial charge in [0.1, 0.15) is 5.69 Å². The molecular formula is C27H32N4O2. The summed E-state index contributed by atoms with van der Waals surface area (Å²) in [6, 6.07) is 16.5. The van der Waals surface area contributed by atoms with E-state index in [0.29, 0.717) is 37.3 Å². The lowest BCUT2D eigenvalue weighted by atomic mass is 10.0. The zero-order valence-electron chi connectivity index (χ0n) is 19.7. The monoisotopic (exact) mass is 444 g/mol. The van der Waals surface area contributed by atoms with Gasteiger partial charge in [-0.15, -0.1) is 0 Å². The van der Waals surface area contributed by atoms with Gasteiger partial charge in [0, 0.05) is 37.3 Å². The third-order valence-electron chi connectivity index (χ3n) is 6.18. The van der Waals surface area contributed by atoms with Crippen LogP contribution in [-0.4, -0.2) is 45.6 Å². The first-order valence-corrected chi connectivity index (χ1v) is 11.7. The van der Waals surface area contributed by atoms with Crippen molar-refractivity contribution in [2.45, 2.75) is 52.6 Å². The fraction of sp³-hybridized carbons (Fsp3) is 0.370. The maximum absolute atomic E-state index is 13.6. The van der Waals surface area contributed by atoms with Crippen molar-refractivity contribution in [1.29, 1.82) is 0 Å². The summed E-state index contributed by atoms with van der Waals surface area (Å²) in [5.74, 6) is -0.00302. The average Bonchev–Trinajstić information content (AvgIpc) is 3.24. The molecule has 0 bridgehead atoms. The molecule has 0 aliphatic carbocycles. The van der Waals surface area contributed by atoms with Crippen molar-refractivity contribution >= 4 is 11.8 Å². The van der Waals surface area contributed by atoms with E-state index in [0.717, 1.165) is 29.5 Å². The molecule has 6 nitrogen and oxygen atoms in total. The standard InChI is InChI=1S/C27H32N4O2/c1-4-25(32)28-23-6-5-15-30(17-23)27(33)24-18-31(16-21-11-7-19(2)8-12-21)29-26(24)22-13-9-20(3)10-14-22/h7-14,18,23H,4-6,15-17H2,1-3H3,(H,28,32). The van der Waals surface area contributed by atoms with Gasteiger partial charge in [0.2, 0.25) is 5.91 Å². The lowest BCUT2D eigenvalue weighted by molar-refractivity contribution is -0.121. The molecule has 1 aromatic heterocycles. The van der Waals surface area contributed by atoms with Crippen LogP contribution in [0.1, 0.15) is 53.2 Å². The van der Waals surface area contributed by atoms with E-state index < -0.39 is 0 Å². The average molecular weight is 445 g/mol. The predicted molar refractivity (Wildman–Crippen MR) is 130 cm³/mol. The highest BCUT2D eigenvalue weighted by Gasteiger charge is 2.28. The van der Waals surface area contributed by atoms with E-state index in [1.807, 2.05) is 53.9 Å². The smallest absolute Gasteiger partial charge is 0.257 e. The molecule has 3 aromatic rings. The van der Waals surface area contributed by atoms with Crippen LogP contribution in [0.25, 0.3) is 11.3 Å². The van der Waals surface area contributed by atoms with E-state index in [2.05, 4.69) is 36.5 Å². The topological polar surface area (TPSA) is 67.2 Å². The summed E-state index contributed by atoms with van der Waals surface area (Å²) in [7, 11) is 0. The van der Waals surface area contributed by atoms with Gasteiger partial charge in [-0.25, -0.2) is 0 Å². The molecule has 1 unspecified atom stereocenters. The predicted octanol–water partition coefficient (Wildman–Crippen LogP) is 4.35. The third kappa shape index (κ3) is 5.51. The molecule has 1 N–H and O–H groups in total. The van der Waals surface area contributed by atoms with Crippen molar-refractivity contribution in [2.75, 3.05) is 13.1 Å². The first-order valence-electron chi connectivity index (χ1n) is 11.7. The van der Waals surface area contributed by atoms with Crippen molar-refractivity contribution in [3.8, 4) is 11.3 Å². The minimum atomic E-state index is -0.0313. The quantitative estimate of drug-likeness (QED) is 0.615. The molecule has 1 aliphatic rings. The number of hydrogen-bond acceptors (Lipinski definition) is 3. The van der Waals surface area contributed by atoms with Crippen LogP contribution >= 0.6 is 0 Å². The van der Waals surface area contributed by atoms with Crippen LogP contribution in [0.3, 0.4) is 0 Å². The number of aromatic nitrogens is 2. The fourth-order valence-electron chi connectivity index (χ4n) is 4.24. The molecule has 2 heterocycles. The number of carbonyl (C=O) groups is 2. The van der Waals surface area contributed by atoms with Gasteiger partial charge >= 0.3 is 0 Å². The zero-order valence-corrected chi connectivity index (χ0v) is 19.7. The van der Waals surface area contributed by atoms with Crippen molar-refractivity contribution in [3.05, 3.63) is 77.0 Å². The number of nitrogens with one attached hydrogen (secondary N) is 1. The summed E-state index contributed by atoms with van der Waals surface area (Å²) < 4.78 is 1.85. The summed E-state index contributed by atoms with van der Waals surface area (Å²) in [4.78, 5) is 27.4. The Balaban J connectivity index is 1.62. The molecule has 6 heteroatoms. The van der Waals surface area contributed by atoms with Crippen LogP contribution in [0.15, 0.2) is 54.7 Å². The number of hydrogen-bond donors (Lipinski definition) is 1. The number of amides is 2. The molecular weight excluding hydrogens is 412 g/mol. The van der Waals surface area contributed by atoms with Gasteiger partial charge in [0.05, 0.1) is 12.1 Å². The second-order valence-corrected chi connectivity index (χ2v) is 8.95. The van der Waals surface area contributed by atoms with Crippen LogP contribution < -0.4 is 5.32 Å². The Morgan fingerprint density at radius 3 is 2.36 bits per heavy atom. The zero-order chi connectivity index (χ0) is 23.4. The van der Waals surface area contributed by atoms with Gasteiger partial charge in [-0.2, -0.15) is 5.10 Å². The van der Waals surface area contributed by atoms with Gasteiger partial charge in [-0.05, 0) is 32.3 Å². The lowest BCUT2D eigenvalue weighted by Gasteiger charge is -2.33. The van der Waals surface area contributed by atoms with Gasteiger partial charge < -0.3 is 10.2 Å². The van der Waals surface area contributed by atoms with Crippen LogP contribution in [-0.2, 0) is 11.3 Å². The first-order chi connectivity index (χ1) is 15.9. The number of carbonyl (C=O) groups excluding carboxylic acids is 2. The van der Waals surface area contributed by atoms with Crippen LogP contribution in [0.4, 0.5) is 0 Å². The second kappa shape index (κ2) is 10.0. The van der Waals surface area contributed by atoms with Gasteiger partial charge in [0.15, 0.2) is 0 Å². The number of benzene rings is 2. The molecule has 0 saturated carbocycles. The normalized spacial score (nSPS) is 16.0. The summed E-state index contributed by atoms with van der Waals surface area (Å²) in [5.41, 5.74) is 5.75. The Hall–Kier alpha value is -3.41. The maximum atomic E-state index is 13.6. The first kappa shape index (κ1) is 22.8. The molecule has 0 radical (unpaired) electrons. The number of piperidine rings is 1. The molecule has 0 spiro atoms. The summed E-state index contributed by atoms with van der Waals surface area (Å²) in [6.45, 7) is 7.77. The molecule has 2 amide bonds. The van der Waals surface area contributed by atoms with E-state index in [4.69, 9.17) is 5.10 Å². The van der Waals surface area contributed by atoms with Crippen molar-refractivity contribution in [1.82, 2.24) is 20.0 Å². The lowest BCUT2D eigenvalue weighted by Crippen LogP contribution is -2.49.